The van der Waals surface area contributed by atoms with Gasteiger partial charge in [0.05, 0.1) is 0 Å². The lowest BCUT2D eigenvalue weighted by molar-refractivity contribution is 0.303. The zero-order chi connectivity index (χ0) is 18.4. The molecule has 134 valence electrons. The summed E-state index contributed by atoms with van der Waals surface area (Å²) in [5, 5.41) is 4.06. The number of anilines is 1. The van der Waals surface area contributed by atoms with Crippen LogP contribution in [0.1, 0.15) is 23.6 Å². The van der Waals surface area contributed by atoms with E-state index < -0.39 is 0 Å². The number of aryl methyl sites for hydroxylation is 1. The van der Waals surface area contributed by atoms with Gasteiger partial charge in [-0.3, -0.25) is 0 Å². The fraction of sp³-hybridized carbons (Fsp3) is 0.182. The van der Waals surface area contributed by atoms with Gasteiger partial charge >= 0.3 is 0 Å². The zero-order valence-corrected chi connectivity index (χ0v) is 15.4. The smallest absolute Gasteiger partial charge is 0.124 e. The van der Waals surface area contributed by atoms with Crippen LogP contribution in [0.2, 0.25) is 5.02 Å². The summed E-state index contributed by atoms with van der Waals surface area (Å²) < 4.78 is 18.9. The maximum atomic E-state index is 13.0. The first-order valence-electron chi connectivity index (χ1n) is 8.62. The first-order chi connectivity index (χ1) is 12.6. The fourth-order valence-corrected chi connectivity index (χ4v) is 2.82. The minimum atomic E-state index is -0.251. The molecule has 3 aromatic rings. The molecule has 1 N–H and O–H groups in total. The highest BCUT2D eigenvalue weighted by Crippen LogP contribution is 2.25. The normalized spacial score (nSPS) is 10.6. The van der Waals surface area contributed by atoms with Crippen molar-refractivity contribution in [3.63, 3.8) is 0 Å². The molecule has 0 bridgehead atoms. The van der Waals surface area contributed by atoms with Crippen molar-refractivity contribution in [2.75, 3.05) is 5.32 Å². The first-order valence-corrected chi connectivity index (χ1v) is 9.00. The molecule has 0 atom stereocenters. The minimum absolute atomic E-state index is 0.251. The Morgan fingerprint density at radius 2 is 1.62 bits per heavy atom. The number of ether oxygens (including phenoxy) is 1. The molecule has 0 unspecified atom stereocenters. The van der Waals surface area contributed by atoms with Gasteiger partial charge in [0.2, 0.25) is 0 Å². The van der Waals surface area contributed by atoms with Crippen LogP contribution in [0.15, 0.2) is 66.7 Å². The van der Waals surface area contributed by atoms with Gasteiger partial charge in [-0.05, 0) is 60.0 Å². The number of hydrogen-bond acceptors (Lipinski definition) is 2. The van der Waals surface area contributed by atoms with Crippen LogP contribution in [0.3, 0.4) is 0 Å². The Morgan fingerprint density at radius 3 is 2.31 bits per heavy atom. The van der Waals surface area contributed by atoms with E-state index in [1.807, 2.05) is 12.1 Å². The molecule has 0 saturated heterocycles. The van der Waals surface area contributed by atoms with Crippen LogP contribution in [0.4, 0.5) is 10.1 Å². The number of nitrogens with one attached hydrogen (secondary N) is 1. The SMILES string of the molecule is CCc1ccc(NCc2cc(Cl)ccc2OCc2ccc(F)cc2)cc1. The second-order valence-corrected chi connectivity index (χ2v) is 6.51. The van der Waals surface area contributed by atoms with Crippen molar-refractivity contribution < 1.29 is 9.13 Å². The van der Waals surface area contributed by atoms with Crippen LogP contribution in [-0.4, -0.2) is 0 Å². The molecular weight excluding hydrogens is 349 g/mol. The lowest BCUT2D eigenvalue weighted by Crippen LogP contribution is -2.04. The van der Waals surface area contributed by atoms with Crippen molar-refractivity contribution in [1.82, 2.24) is 0 Å². The highest BCUT2D eigenvalue weighted by Gasteiger charge is 2.06. The van der Waals surface area contributed by atoms with Crippen molar-refractivity contribution in [2.45, 2.75) is 26.5 Å². The molecule has 0 fully saturated rings. The molecule has 0 aliphatic carbocycles. The standard InChI is InChI=1S/C22H21ClFNO/c1-2-16-5-10-21(11-6-16)25-14-18-13-19(23)7-12-22(18)26-15-17-3-8-20(24)9-4-17/h3-13,25H,2,14-15H2,1H3. The van der Waals surface area contributed by atoms with E-state index in [0.717, 1.165) is 29.0 Å². The van der Waals surface area contributed by atoms with Gasteiger partial charge in [-0.25, -0.2) is 4.39 Å². The van der Waals surface area contributed by atoms with Crippen LogP contribution in [0.25, 0.3) is 0 Å². The number of hydrogen-bond donors (Lipinski definition) is 1. The predicted octanol–water partition coefficient (Wildman–Crippen LogP) is 6.23. The van der Waals surface area contributed by atoms with E-state index in [-0.39, 0.29) is 5.82 Å². The second kappa shape index (κ2) is 8.72. The summed E-state index contributed by atoms with van der Waals surface area (Å²) in [5.74, 6) is 0.510. The van der Waals surface area contributed by atoms with Crippen LogP contribution < -0.4 is 10.1 Å². The average molecular weight is 370 g/mol. The quantitative estimate of drug-likeness (QED) is 0.532. The fourth-order valence-electron chi connectivity index (χ4n) is 2.62. The molecule has 3 rings (SSSR count). The number of halogens is 2. The van der Waals surface area contributed by atoms with Gasteiger partial charge in [0, 0.05) is 22.8 Å². The van der Waals surface area contributed by atoms with Gasteiger partial charge in [0.15, 0.2) is 0 Å². The second-order valence-electron chi connectivity index (χ2n) is 6.07. The number of rotatable bonds is 7. The number of benzene rings is 3. The van der Waals surface area contributed by atoms with Crippen LogP contribution >= 0.6 is 11.6 Å². The van der Waals surface area contributed by atoms with E-state index in [1.165, 1.54) is 17.7 Å². The summed E-state index contributed by atoms with van der Waals surface area (Å²) in [4.78, 5) is 0. The van der Waals surface area contributed by atoms with E-state index in [9.17, 15) is 4.39 Å². The van der Waals surface area contributed by atoms with Crippen molar-refractivity contribution >= 4 is 17.3 Å². The molecule has 3 aromatic carbocycles. The van der Waals surface area contributed by atoms with E-state index in [0.29, 0.717) is 18.2 Å². The Hall–Kier alpha value is -2.52. The molecule has 0 radical (unpaired) electrons. The van der Waals surface area contributed by atoms with E-state index in [4.69, 9.17) is 16.3 Å². The van der Waals surface area contributed by atoms with Crippen molar-refractivity contribution in [1.29, 1.82) is 0 Å². The van der Waals surface area contributed by atoms with Crippen molar-refractivity contribution in [2.24, 2.45) is 0 Å². The van der Waals surface area contributed by atoms with Gasteiger partial charge in [-0.2, -0.15) is 0 Å². The highest BCUT2D eigenvalue weighted by molar-refractivity contribution is 6.30. The third kappa shape index (κ3) is 4.99. The van der Waals surface area contributed by atoms with Crippen molar-refractivity contribution in [3.05, 3.63) is 94.3 Å². The molecule has 26 heavy (non-hydrogen) atoms. The lowest BCUT2D eigenvalue weighted by atomic mass is 10.1. The Kier molecular flexibility index (Phi) is 6.13. The summed E-state index contributed by atoms with van der Waals surface area (Å²) >= 11 is 6.15. The summed E-state index contributed by atoms with van der Waals surface area (Å²) in [6.45, 7) is 3.12. The van der Waals surface area contributed by atoms with Gasteiger partial charge in [-0.15, -0.1) is 0 Å². The topological polar surface area (TPSA) is 21.3 Å². The van der Waals surface area contributed by atoms with Crippen LogP contribution in [0, 0.1) is 5.82 Å². The third-order valence-corrected chi connectivity index (χ3v) is 4.41. The molecule has 0 aliphatic heterocycles. The molecule has 0 amide bonds. The Bertz CT molecular complexity index is 847. The minimum Gasteiger partial charge on any atom is -0.489 e. The van der Waals surface area contributed by atoms with Crippen LogP contribution in [-0.2, 0) is 19.6 Å². The molecule has 2 nitrogen and oxygen atoms in total. The van der Waals surface area contributed by atoms with Gasteiger partial charge < -0.3 is 10.1 Å². The Labute approximate surface area is 158 Å². The molecule has 0 heterocycles. The summed E-state index contributed by atoms with van der Waals surface area (Å²) in [6, 6.07) is 20.3. The highest BCUT2D eigenvalue weighted by atomic mass is 35.5. The zero-order valence-electron chi connectivity index (χ0n) is 14.6. The maximum Gasteiger partial charge on any atom is 0.124 e. The molecular formula is C22H21ClFNO. The molecule has 0 aliphatic rings. The Morgan fingerprint density at radius 1 is 0.923 bits per heavy atom. The largest absolute Gasteiger partial charge is 0.489 e. The first kappa shape index (κ1) is 18.3. The monoisotopic (exact) mass is 369 g/mol. The summed E-state index contributed by atoms with van der Waals surface area (Å²) in [6.07, 6.45) is 1.02. The summed E-state index contributed by atoms with van der Waals surface area (Å²) in [5.41, 5.74) is 4.24. The lowest BCUT2D eigenvalue weighted by Gasteiger charge is -2.14. The van der Waals surface area contributed by atoms with Crippen LogP contribution in [0.5, 0.6) is 5.75 Å². The molecule has 0 saturated carbocycles. The van der Waals surface area contributed by atoms with E-state index >= 15 is 0 Å². The molecule has 4 heteroatoms. The molecule has 0 spiro atoms. The van der Waals surface area contributed by atoms with Gasteiger partial charge in [0.1, 0.15) is 18.2 Å². The predicted molar refractivity (Wildman–Crippen MR) is 105 cm³/mol. The van der Waals surface area contributed by atoms with Crippen molar-refractivity contribution in [3.8, 4) is 5.75 Å². The Balaban J connectivity index is 1.67. The summed E-state index contributed by atoms with van der Waals surface area (Å²) in [7, 11) is 0. The maximum absolute atomic E-state index is 13.0. The van der Waals surface area contributed by atoms with Gasteiger partial charge in [0.25, 0.3) is 0 Å². The third-order valence-electron chi connectivity index (χ3n) is 4.18. The van der Waals surface area contributed by atoms with Gasteiger partial charge in [-0.1, -0.05) is 42.8 Å². The van der Waals surface area contributed by atoms with E-state index in [2.05, 4.69) is 36.5 Å². The van der Waals surface area contributed by atoms with E-state index in [1.54, 1.807) is 18.2 Å². The molecule has 0 aromatic heterocycles. The average Bonchev–Trinajstić information content (AvgIpc) is 2.67.